The number of oxazole rings is 1. The van der Waals surface area contributed by atoms with Crippen molar-refractivity contribution in [3.05, 3.63) is 83.9 Å². The van der Waals surface area contributed by atoms with Gasteiger partial charge in [0, 0.05) is 43.6 Å². The fourth-order valence-corrected chi connectivity index (χ4v) is 5.39. The lowest BCUT2D eigenvalue weighted by atomic mass is 10.0. The Morgan fingerprint density at radius 3 is 2.56 bits per heavy atom. The van der Waals surface area contributed by atoms with Gasteiger partial charge in [0.1, 0.15) is 17.4 Å². The number of piperazine rings is 1. The minimum absolute atomic E-state index is 0.170. The van der Waals surface area contributed by atoms with Crippen LogP contribution in [0.2, 0.25) is 0 Å². The number of nitrogens with zero attached hydrogens (tertiary/aromatic N) is 8. The molecule has 5 aromatic rings. The highest BCUT2D eigenvalue weighted by Crippen LogP contribution is 2.35. The van der Waals surface area contributed by atoms with Gasteiger partial charge < -0.3 is 14.6 Å². The average molecular weight is 582 g/mol. The predicted octanol–water partition coefficient (Wildman–Crippen LogP) is 3.26. The summed E-state index contributed by atoms with van der Waals surface area (Å²) in [6.07, 6.45) is 0.755. The zero-order valence-corrected chi connectivity index (χ0v) is 23.3. The first-order chi connectivity index (χ1) is 20.9. The molecule has 43 heavy (non-hydrogen) atoms. The van der Waals surface area contributed by atoms with Crippen molar-refractivity contribution in [2.24, 2.45) is 13.0 Å². The monoisotopic (exact) mass is 581 g/mol. The van der Waals surface area contributed by atoms with E-state index in [1.165, 1.54) is 4.80 Å². The largest absolute Gasteiger partial charge is 0.436 e. The molecule has 1 N–H and O–H groups in total. The molecule has 1 unspecified atom stereocenters. The van der Waals surface area contributed by atoms with E-state index in [-0.39, 0.29) is 24.3 Å². The Morgan fingerprint density at radius 2 is 1.84 bits per heavy atom. The summed E-state index contributed by atoms with van der Waals surface area (Å²) in [5, 5.41) is 15.5. The summed E-state index contributed by atoms with van der Waals surface area (Å²) in [5.74, 6) is -0.155. The van der Waals surface area contributed by atoms with Crippen LogP contribution in [-0.4, -0.2) is 84.1 Å². The van der Waals surface area contributed by atoms with Gasteiger partial charge in [0.05, 0.1) is 19.0 Å². The zero-order chi connectivity index (χ0) is 29.5. The lowest BCUT2D eigenvalue weighted by Crippen LogP contribution is -2.50. The maximum Gasteiger partial charge on any atom is 0.272 e. The fourth-order valence-electron chi connectivity index (χ4n) is 5.39. The molecule has 2 amide bonds. The highest BCUT2D eigenvalue weighted by atomic mass is 19.1. The molecule has 7 rings (SSSR count). The summed E-state index contributed by atoms with van der Waals surface area (Å²) in [7, 11) is 1.74. The number of hydrogen-bond donors (Lipinski definition) is 1. The Hall–Kier alpha value is -5.04. The quantitative estimate of drug-likeness (QED) is 0.307. The van der Waals surface area contributed by atoms with Gasteiger partial charge in [-0.1, -0.05) is 30.3 Å². The Morgan fingerprint density at radius 1 is 1.05 bits per heavy atom. The number of aromatic nitrogens is 6. The van der Waals surface area contributed by atoms with E-state index in [2.05, 4.69) is 35.6 Å². The number of rotatable bonds is 7. The lowest BCUT2D eigenvalue weighted by molar-refractivity contribution is -0.117. The molecule has 1 saturated heterocycles. The number of halogens is 1. The van der Waals surface area contributed by atoms with Crippen LogP contribution in [0.1, 0.15) is 34.3 Å². The van der Waals surface area contributed by atoms with Gasteiger partial charge in [-0.2, -0.15) is 4.80 Å². The normalized spacial score (nSPS) is 19.3. The number of carbonyl (C=O) groups excluding carboxylic acids is 2. The maximum atomic E-state index is 13.5. The van der Waals surface area contributed by atoms with Crippen molar-refractivity contribution >= 4 is 28.6 Å². The Balaban J connectivity index is 1.05. The number of pyridine rings is 1. The van der Waals surface area contributed by atoms with Crippen LogP contribution < -0.4 is 5.32 Å². The van der Waals surface area contributed by atoms with Crippen LogP contribution in [0.4, 0.5) is 10.1 Å². The first kappa shape index (κ1) is 26.8. The Bertz CT molecular complexity index is 1800. The number of nitrogens with one attached hydrogen (secondary N) is 1. The molecule has 2 aliphatic rings. The summed E-state index contributed by atoms with van der Waals surface area (Å²) in [4.78, 5) is 40.0. The van der Waals surface area contributed by atoms with Gasteiger partial charge in [-0.15, -0.1) is 10.2 Å². The maximum absolute atomic E-state index is 13.5. The number of alkyl halides is 1. The van der Waals surface area contributed by atoms with E-state index in [9.17, 15) is 14.0 Å². The topological polar surface area (TPSA) is 135 Å². The first-order valence-corrected chi connectivity index (χ1v) is 14.1. The number of anilines is 1. The first-order valence-electron chi connectivity index (χ1n) is 14.1. The zero-order valence-electron chi connectivity index (χ0n) is 23.3. The third-order valence-electron chi connectivity index (χ3n) is 7.78. The molecule has 0 radical (unpaired) electrons. The van der Waals surface area contributed by atoms with Crippen molar-refractivity contribution in [3.8, 4) is 11.5 Å². The van der Waals surface area contributed by atoms with E-state index < -0.39 is 12.1 Å². The standard InChI is InChI=1S/C30H28FN9O3/c1-38-36-27(35-37-38)26(18-5-3-2-4-6-18)39-11-13-40(14-12-39)30(42)24-15-19(9-10-32-24)29-34-23-16-20(7-8-25(23)43-29)33-28(41)21-17-22(21)31/h2-10,15-16,21-22,26H,11-14,17H2,1H3,(H,33,41)/t21-,22+,26?/m0/s1. The van der Waals surface area contributed by atoms with Gasteiger partial charge in [0.25, 0.3) is 5.91 Å². The molecule has 2 fully saturated rings. The number of aryl methyl sites for hydroxylation is 1. The van der Waals surface area contributed by atoms with E-state index >= 15 is 0 Å². The molecule has 1 aliphatic carbocycles. The van der Waals surface area contributed by atoms with Crippen LogP contribution in [0.25, 0.3) is 22.6 Å². The molecule has 4 heterocycles. The second-order valence-electron chi connectivity index (χ2n) is 10.8. The Labute approximate surface area is 245 Å². The van der Waals surface area contributed by atoms with Gasteiger partial charge in [0.15, 0.2) is 11.4 Å². The molecule has 2 aromatic carbocycles. The van der Waals surface area contributed by atoms with E-state index in [1.54, 1.807) is 48.5 Å². The van der Waals surface area contributed by atoms with Crippen LogP contribution in [0, 0.1) is 5.92 Å². The number of fused-ring (bicyclic) bond motifs is 1. The molecule has 0 spiro atoms. The van der Waals surface area contributed by atoms with Gasteiger partial charge in [-0.3, -0.25) is 19.5 Å². The van der Waals surface area contributed by atoms with Crippen molar-refractivity contribution < 1.29 is 18.4 Å². The Kier molecular flexibility index (Phi) is 6.86. The second-order valence-corrected chi connectivity index (χ2v) is 10.8. The highest BCUT2D eigenvalue weighted by molar-refractivity contribution is 5.96. The van der Waals surface area contributed by atoms with Crippen molar-refractivity contribution in [3.63, 3.8) is 0 Å². The number of hydrogen-bond acceptors (Lipinski definition) is 9. The minimum Gasteiger partial charge on any atom is -0.436 e. The molecule has 3 aromatic heterocycles. The second kappa shape index (κ2) is 11.0. The molecule has 0 bridgehead atoms. The van der Waals surface area contributed by atoms with Crippen molar-refractivity contribution in [2.75, 3.05) is 31.5 Å². The van der Waals surface area contributed by atoms with Gasteiger partial charge in [-0.25, -0.2) is 9.37 Å². The van der Waals surface area contributed by atoms with E-state index in [1.807, 2.05) is 30.3 Å². The lowest BCUT2D eigenvalue weighted by Gasteiger charge is -2.38. The number of carbonyl (C=O) groups is 2. The molecule has 3 atom stereocenters. The van der Waals surface area contributed by atoms with E-state index in [0.29, 0.717) is 65.9 Å². The third-order valence-corrected chi connectivity index (χ3v) is 7.78. The molecule has 13 heteroatoms. The van der Waals surface area contributed by atoms with Gasteiger partial charge in [-0.05, 0) is 47.5 Å². The van der Waals surface area contributed by atoms with Crippen LogP contribution in [0.5, 0.6) is 0 Å². The summed E-state index contributed by atoms with van der Waals surface area (Å²) in [5.41, 5.74) is 3.54. The fraction of sp³-hybridized carbons (Fsp3) is 0.300. The summed E-state index contributed by atoms with van der Waals surface area (Å²) in [6, 6.07) is 18.3. The van der Waals surface area contributed by atoms with Crippen molar-refractivity contribution in [1.82, 2.24) is 40.0 Å². The molecule has 12 nitrogen and oxygen atoms in total. The van der Waals surface area contributed by atoms with Gasteiger partial charge in [0.2, 0.25) is 11.8 Å². The summed E-state index contributed by atoms with van der Waals surface area (Å²) < 4.78 is 19.2. The van der Waals surface area contributed by atoms with E-state index in [4.69, 9.17) is 4.42 Å². The highest BCUT2D eigenvalue weighted by Gasteiger charge is 2.43. The molecule has 218 valence electrons. The van der Waals surface area contributed by atoms with Crippen LogP contribution in [-0.2, 0) is 11.8 Å². The summed E-state index contributed by atoms with van der Waals surface area (Å²) >= 11 is 0. The molecular formula is C30H28FN9O3. The molecule has 1 aliphatic heterocycles. The van der Waals surface area contributed by atoms with Crippen LogP contribution in [0.3, 0.4) is 0 Å². The van der Waals surface area contributed by atoms with Crippen LogP contribution >= 0.6 is 0 Å². The number of amides is 2. The minimum atomic E-state index is -1.07. The average Bonchev–Trinajstić information content (AvgIpc) is 3.39. The number of benzene rings is 2. The van der Waals surface area contributed by atoms with Crippen molar-refractivity contribution in [2.45, 2.75) is 18.6 Å². The molecular weight excluding hydrogens is 553 g/mol. The summed E-state index contributed by atoms with van der Waals surface area (Å²) in [6.45, 7) is 2.27. The van der Waals surface area contributed by atoms with E-state index in [0.717, 1.165) is 5.56 Å². The number of tetrazole rings is 1. The third kappa shape index (κ3) is 5.46. The van der Waals surface area contributed by atoms with Gasteiger partial charge >= 0.3 is 0 Å². The van der Waals surface area contributed by atoms with Crippen molar-refractivity contribution in [1.29, 1.82) is 0 Å². The van der Waals surface area contributed by atoms with Crippen LogP contribution in [0.15, 0.2) is 71.3 Å². The predicted molar refractivity (Wildman–Crippen MR) is 153 cm³/mol. The smallest absolute Gasteiger partial charge is 0.272 e. The SMILES string of the molecule is Cn1nnc(C(c2ccccc2)N2CCN(C(=O)c3cc(-c4nc5cc(NC(=O)[C@H]6C[C@H]6F)ccc5o4)ccn3)CC2)n1. The molecule has 1 saturated carbocycles.